The summed E-state index contributed by atoms with van der Waals surface area (Å²) in [5.74, 6) is 0. The third-order valence-corrected chi connectivity index (χ3v) is 6.42. The molecule has 0 radical (unpaired) electrons. The second-order valence-electron chi connectivity index (χ2n) is 5.84. The van der Waals surface area contributed by atoms with E-state index in [9.17, 15) is 13.5 Å². The highest BCUT2D eigenvalue weighted by Gasteiger charge is 2.37. The lowest BCUT2D eigenvalue weighted by Crippen LogP contribution is -2.56. The molecule has 1 unspecified atom stereocenters. The molecule has 1 atom stereocenters. The van der Waals surface area contributed by atoms with Crippen LogP contribution in [0.5, 0.6) is 0 Å². The SMILES string of the molecule is Cc1[nH]nc(S(=O)(=O)N2CCN3CCCCC3C2)c1CO. The molecule has 0 bridgehead atoms. The summed E-state index contributed by atoms with van der Waals surface area (Å²) in [6.45, 7) is 4.27. The number of rotatable bonds is 3. The molecular formula is C13H22N4O3S. The Morgan fingerprint density at radius 3 is 2.90 bits per heavy atom. The molecule has 0 spiro atoms. The minimum absolute atomic E-state index is 0.0215. The van der Waals surface area contributed by atoms with Crippen molar-refractivity contribution in [1.82, 2.24) is 19.4 Å². The van der Waals surface area contributed by atoms with E-state index in [0.29, 0.717) is 30.4 Å². The van der Waals surface area contributed by atoms with Crippen LogP contribution < -0.4 is 0 Å². The first-order valence-electron chi connectivity index (χ1n) is 7.43. The fourth-order valence-corrected chi connectivity index (χ4v) is 4.92. The number of hydrogen-bond donors (Lipinski definition) is 2. The molecule has 21 heavy (non-hydrogen) atoms. The van der Waals surface area contributed by atoms with E-state index in [-0.39, 0.29) is 11.6 Å². The summed E-state index contributed by atoms with van der Waals surface area (Å²) < 4.78 is 27.1. The fraction of sp³-hybridized carbons (Fsp3) is 0.769. The number of piperazine rings is 1. The van der Waals surface area contributed by atoms with E-state index in [0.717, 1.165) is 19.5 Å². The molecule has 2 aliphatic heterocycles. The fourth-order valence-electron chi connectivity index (χ4n) is 3.30. The number of sulfonamides is 1. The molecule has 2 saturated heterocycles. The van der Waals surface area contributed by atoms with Gasteiger partial charge in [-0.25, -0.2) is 8.42 Å². The largest absolute Gasteiger partial charge is 0.392 e. The van der Waals surface area contributed by atoms with Crippen LogP contribution in [-0.4, -0.2) is 65.1 Å². The Morgan fingerprint density at radius 1 is 1.33 bits per heavy atom. The minimum Gasteiger partial charge on any atom is -0.392 e. The first-order chi connectivity index (χ1) is 10.0. The number of aromatic amines is 1. The van der Waals surface area contributed by atoms with Crippen LogP contribution in [0.3, 0.4) is 0 Å². The molecule has 2 N–H and O–H groups in total. The van der Waals surface area contributed by atoms with Crippen molar-refractivity contribution >= 4 is 10.0 Å². The molecule has 118 valence electrons. The summed E-state index contributed by atoms with van der Waals surface area (Å²) in [6, 6.07) is 0.319. The third kappa shape index (κ3) is 2.61. The topological polar surface area (TPSA) is 89.5 Å². The predicted molar refractivity (Wildman–Crippen MR) is 77.2 cm³/mol. The summed E-state index contributed by atoms with van der Waals surface area (Å²) in [5.41, 5.74) is 0.980. The molecule has 1 aromatic heterocycles. The monoisotopic (exact) mass is 314 g/mol. The second-order valence-corrected chi connectivity index (χ2v) is 7.69. The highest BCUT2D eigenvalue weighted by atomic mass is 32.2. The standard InChI is InChI=1S/C13H22N4O3S/c1-10-12(9-18)13(15-14-10)21(19,20)17-7-6-16-5-3-2-4-11(16)8-17/h11,18H,2-9H2,1H3,(H,14,15). The van der Waals surface area contributed by atoms with E-state index in [1.165, 1.54) is 17.1 Å². The second kappa shape index (κ2) is 5.68. The van der Waals surface area contributed by atoms with Gasteiger partial charge in [-0.2, -0.15) is 9.40 Å². The number of aryl methyl sites for hydroxylation is 1. The Kier molecular flexibility index (Phi) is 4.04. The van der Waals surface area contributed by atoms with Crippen LogP contribution >= 0.6 is 0 Å². The number of H-pyrrole nitrogens is 1. The quantitative estimate of drug-likeness (QED) is 0.824. The van der Waals surface area contributed by atoms with Crippen molar-refractivity contribution < 1.29 is 13.5 Å². The van der Waals surface area contributed by atoms with Crippen LogP contribution in [0.25, 0.3) is 0 Å². The van der Waals surface area contributed by atoms with Crippen molar-refractivity contribution in [3.05, 3.63) is 11.3 Å². The van der Waals surface area contributed by atoms with E-state index >= 15 is 0 Å². The molecule has 3 rings (SSSR count). The van der Waals surface area contributed by atoms with Gasteiger partial charge in [0, 0.05) is 36.9 Å². The third-order valence-electron chi connectivity index (χ3n) is 4.58. The summed E-state index contributed by atoms with van der Waals surface area (Å²) in [6.07, 6.45) is 3.42. The number of aliphatic hydroxyl groups excluding tert-OH is 1. The zero-order valence-corrected chi connectivity index (χ0v) is 13.1. The minimum atomic E-state index is -3.63. The van der Waals surface area contributed by atoms with Gasteiger partial charge >= 0.3 is 0 Å². The van der Waals surface area contributed by atoms with Gasteiger partial charge in [-0.1, -0.05) is 6.42 Å². The van der Waals surface area contributed by atoms with Gasteiger partial charge in [0.15, 0.2) is 5.03 Å². The van der Waals surface area contributed by atoms with Gasteiger partial charge in [-0.15, -0.1) is 0 Å². The Morgan fingerprint density at radius 2 is 2.14 bits per heavy atom. The summed E-state index contributed by atoms with van der Waals surface area (Å²) in [5, 5.41) is 15.9. The zero-order chi connectivity index (χ0) is 15.0. The van der Waals surface area contributed by atoms with Crippen molar-refractivity contribution in [3.8, 4) is 0 Å². The lowest BCUT2D eigenvalue weighted by Gasteiger charge is -2.43. The Balaban J connectivity index is 1.85. The van der Waals surface area contributed by atoms with Crippen molar-refractivity contribution in [2.75, 3.05) is 26.2 Å². The maximum Gasteiger partial charge on any atom is 0.262 e. The van der Waals surface area contributed by atoms with E-state index in [4.69, 9.17) is 0 Å². The molecule has 8 heteroatoms. The first-order valence-corrected chi connectivity index (χ1v) is 8.87. The van der Waals surface area contributed by atoms with Crippen molar-refractivity contribution in [2.24, 2.45) is 0 Å². The van der Waals surface area contributed by atoms with E-state index in [2.05, 4.69) is 15.1 Å². The lowest BCUT2D eigenvalue weighted by molar-refractivity contribution is 0.0850. The number of nitrogens with one attached hydrogen (secondary N) is 1. The first kappa shape index (κ1) is 15.0. The Hall–Kier alpha value is -0.960. The molecule has 0 saturated carbocycles. The smallest absolute Gasteiger partial charge is 0.262 e. The Bertz CT molecular complexity index is 613. The number of fused-ring (bicyclic) bond motifs is 1. The average molecular weight is 314 g/mol. The highest BCUT2D eigenvalue weighted by molar-refractivity contribution is 7.89. The van der Waals surface area contributed by atoms with Gasteiger partial charge < -0.3 is 5.11 Å². The molecule has 7 nitrogen and oxygen atoms in total. The van der Waals surface area contributed by atoms with Gasteiger partial charge in [-0.3, -0.25) is 10.00 Å². The number of nitrogens with zero attached hydrogens (tertiary/aromatic N) is 3. The molecule has 1 aromatic rings. The van der Waals surface area contributed by atoms with Crippen molar-refractivity contribution in [3.63, 3.8) is 0 Å². The molecule has 0 aromatic carbocycles. The van der Waals surface area contributed by atoms with Crippen LogP contribution in [-0.2, 0) is 16.6 Å². The van der Waals surface area contributed by atoms with Gasteiger partial charge in [-0.05, 0) is 26.3 Å². The number of aliphatic hydroxyl groups is 1. The number of aromatic nitrogens is 2. The average Bonchev–Trinajstić information content (AvgIpc) is 2.88. The predicted octanol–water partition coefficient (Wildman–Crippen LogP) is 0.0692. The van der Waals surface area contributed by atoms with Crippen molar-refractivity contribution in [1.29, 1.82) is 0 Å². The van der Waals surface area contributed by atoms with Crippen LogP contribution in [0.15, 0.2) is 5.03 Å². The molecule has 2 fully saturated rings. The van der Waals surface area contributed by atoms with Gasteiger partial charge in [0.05, 0.1) is 6.61 Å². The molecule has 0 aliphatic carbocycles. The normalized spacial score (nSPS) is 25.0. The maximum absolute atomic E-state index is 12.8. The molecular weight excluding hydrogens is 292 g/mol. The van der Waals surface area contributed by atoms with Gasteiger partial charge in [0.2, 0.25) is 0 Å². The zero-order valence-electron chi connectivity index (χ0n) is 12.2. The van der Waals surface area contributed by atoms with Crippen LogP contribution in [0, 0.1) is 6.92 Å². The molecule has 0 amide bonds. The van der Waals surface area contributed by atoms with Gasteiger partial charge in [0.25, 0.3) is 10.0 Å². The van der Waals surface area contributed by atoms with Crippen LogP contribution in [0.1, 0.15) is 30.5 Å². The van der Waals surface area contributed by atoms with Crippen LogP contribution in [0.4, 0.5) is 0 Å². The van der Waals surface area contributed by atoms with E-state index in [1.54, 1.807) is 6.92 Å². The summed E-state index contributed by atoms with van der Waals surface area (Å²) in [7, 11) is -3.63. The van der Waals surface area contributed by atoms with Crippen molar-refractivity contribution in [2.45, 2.75) is 43.9 Å². The van der Waals surface area contributed by atoms with E-state index in [1.807, 2.05) is 0 Å². The molecule has 3 heterocycles. The van der Waals surface area contributed by atoms with E-state index < -0.39 is 10.0 Å². The van der Waals surface area contributed by atoms with Crippen LogP contribution in [0.2, 0.25) is 0 Å². The molecule has 2 aliphatic rings. The number of piperidine rings is 1. The Labute approximate surface area is 125 Å². The summed E-state index contributed by atoms with van der Waals surface area (Å²) in [4.78, 5) is 2.39. The lowest BCUT2D eigenvalue weighted by atomic mass is 10.0. The van der Waals surface area contributed by atoms with Gasteiger partial charge in [0.1, 0.15) is 0 Å². The summed E-state index contributed by atoms with van der Waals surface area (Å²) >= 11 is 0. The number of hydrogen-bond acceptors (Lipinski definition) is 5. The highest BCUT2D eigenvalue weighted by Crippen LogP contribution is 2.26. The maximum atomic E-state index is 12.8.